The molecule has 2 aromatic carbocycles. The van der Waals surface area contributed by atoms with E-state index in [1.807, 2.05) is 0 Å². The largest absolute Gasteiger partial charge is 0.478 e. The Morgan fingerprint density at radius 1 is 0.964 bits per heavy atom. The quantitative estimate of drug-likeness (QED) is 0.463. The van der Waals surface area contributed by atoms with E-state index in [2.05, 4.69) is 0 Å². The van der Waals surface area contributed by atoms with E-state index >= 15 is 0 Å². The second-order valence-electron chi connectivity index (χ2n) is 6.10. The number of carbonyl (C=O) groups is 1. The molecule has 3 rings (SSSR count). The van der Waals surface area contributed by atoms with Gasteiger partial charge in [-0.25, -0.2) is 4.79 Å². The van der Waals surface area contributed by atoms with Crippen LogP contribution in [0.3, 0.4) is 0 Å². The zero-order valence-electron chi connectivity index (χ0n) is 14.2. The van der Waals surface area contributed by atoms with Gasteiger partial charge in [-0.1, -0.05) is 6.08 Å². The second-order valence-corrected chi connectivity index (χ2v) is 6.10. The van der Waals surface area contributed by atoms with Crippen LogP contribution in [0.25, 0.3) is 11.1 Å². The van der Waals surface area contributed by atoms with Gasteiger partial charge in [-0.05, 0) is 29.7 Å². The Labute approximate surface area is 156 Å². The number of non-ortho nitro benzene ring substituents is 2. The molecule has 11 heteroatoms. The van der Waals surface area contributed by atoms with Crippen molar-refractivity contribution >= 4 is 23.0 Å². The molecule has 0 aliphatic heterocycles. The van der Waals surface area contributed by atoms with Gasteiger partial charge in [-0.2, -0.15) is 0 Å². The summed E-state index contributed by atoms with van der Waals surface area (Å²) in [4.78, 5) is 42.9. The lowest BCUT2D eigenvalue weighted by molar-refractivity contribution is -0.393. The molecule has 28 heavy (non-hydrogen) atoms. The first-order valence-corrected chi connectivity index (χ1v) is 7.79. The summed E-state index contributed by atoms with van der Waals surface area (Å²) in [6.07, 6.45) is 1.27. The molecule has 1 unspecified atom stereocenters. The Balaban J connectivity index is 2.40. The van der Waals surface area contributed by atoms with E-state index in [9.17, 15) is 40.2 Å². The highest BCUT2D eigenvalue weighted by atomic mass is 16.6. The van der Waals surface area contributed by atoms with Crippen molar-refractivity contribution in [2.75, 3.05) is 0 Å². The zero-order valence-corrected chi connectivity index (χ0v) is 14.2. The van der Waals surface area contributed by atoms with Gasteiger partial charge in [0.2, 0.25) is 0 Å². The fourth-order valence-corrected chi connectivity index (χ4v) is 3.24. The van der Waals surface area contributed by atoms with Crippen LogP contribution in [-0.2, 0) is 4.79 Å². The van der Waals surface area contributed by atoms with E-state index in [1.54, 1.807) is 0 Å². The van der Waals surface area contributed by atoms with Crippen LogP contribution < -0.4 is 0 Å². The monoisotopic (exact) mass is 385 g/mol. The summed E-state index contributed by atoms with van der Waals surface area (Å²) in [5.74, 6) is -2.17. The predicted molar refractivity (Wildman–Crippen MR) is 95.1 cm³/mol. The van der Waals surface area contributed by atoms with Crippen molar-refractivity contribution in [1.82, 2.24) is 0 Å². The molecule has 0 bridgehead atoms. The number of nitro benzene ring substituents is 3. The summed E-state index contributed by atoms with van der Waals surface area (Å²) in [5, 5.41) is 43.0. The van der Waals surface area contributed by atoms with Crippen molar-refractivity contribution in [1.29, 1.82) is 0 Å². The molecule has 0 spiro atoms. The number of allylic oxidation sites excluding steroid dienone is 1. The van der Waals surface area contributed by atoms with Crippen molar-refractivity contribution in [2.45, 2.75) is 12.8 Å². The number of carboxylic acid groups (broad SMARTS) is 1. The zero-order chi connectivity index (χ0) is 20.7. The number of benzene rings is 2. The SMILES string of the molecule is CC(=CC1c2cc([N+](=O)[O-])ccc2-c2c1cc([N+](=O)[O-])cc2[N+](=O)[O-])C(=O)O. The van der Waals surface area contributed by atoms with Gasteiger partial charge < -0.3 is 5.11 Å². The maximum absolute atomic E-state index is 11.5. The topological polar surface area (TPSA) is 167 Å². The smallest absolute Gasteiger partial charge is 0.330 e. The fourth-order valence-electron chi connectivity index (χ4n) is 3.24. The average molecular weight is 385 g/mol. The van der Waals surface area contributed by atoms with E-state index < -0.39 is 38.0 Å². The minimum Gasteiger partial charge on any atom is -0.478 e. The minimum atomic E-state index is -1.25. The standard InChI is InChI=1S/C17H11N3O8/c1-8(17(21)22)4-12-13-5-9(18(23)24)2-3-11(13)16-14(12)6-10(19(25)26)7-15(16)20(27)28/h2-7,12H,1H3,(H,21,22). The fraction of sp³-hybridized carbons (Fsp3) is 0.118. The Hall–Kier alpha value is -4.15. The molecule has 11 nitrogen and oxygen atoms in total. The molecule has 0 amide bonds. The van der Waals surface area contributed by atoms with Gasteiger partial charge in [0.05, 0.1) is 26.4 Å². The number of rotatable bonds is 5. The van der Waals surface area contributed by atoms with E-state index in [-0.39, 0.29) is 28.0 Å². The van der Waals surface area contributed by atoms with E-state index in [0.29, 0.717) is 5.56 Å². The molecule has 0 aromatic heterocycles. The predicted octanol–water partition coefficient (Wildman–Crippen LogP) is 3.55. The summed E-state index contributed by atoms with van der Waals surface area (Å²) in [6, 6.07) is 5.64. The van der Waals surface area contributed by atoms with E-state index in [0.717, 1.165) is 12.1 Å². The highest BCUT2D eigenvalue weighted by Crippen LogP contribution is 2.52. The van der Waals surface area contributed by atoms with Gasteiger partial charge in [0.15, 0.2) is 0 Å². The highest BCUT2D eigenvalue weighted by molar-refractivity contribution is 5.90. The molecule has 2 aromatic rings. The van der Waals surface area contributed by atoms with Gasteiger partial charge in [-0.15, -0.1) is 0 Å². The molecular weight excluding hydrogens is 374 g/mol. The van der Waals surface area contributed by atoms with Gasteiger partial charge >= 0.3 is 5.97 Å². The molecular formula is C17H11N3O8. The third-order valence-corrected chi connectivity index (χ3v) is 4.48. The van der Waals surface area contributed by atoms with Gasteiger partial charge in [0.1, 0.15) is 0 Å². The number of nitrogens with zero attached hydrogens (tertiary/aromatic N) is 3. The molecule has 0 fully saturated rings. The van der Waals surface area contributed by atoms with Crippen molar-refractivity contribution < 1.29 is 24.7 Å². The first-order chi connectivity index (χ1) is 13.1. The van der Waals surface area contributed by atoms with Gasteiger partial charge in [-0.3, -0.25) is 30.3 Å². The minimum absolute atomic E-state index is 0.0833. The Bertz CT molecular complexity index is 1110. The summed E-state index contributed by atoms with van der Waals surface area (Å²) >= 11 is 0. The number of carboxylic acids is 1. The maximum atomic E-state index is 11.5. The summed E-state index contributed by atoms with van der Waals surface area (Å²) in [7, 11) is 0. The lowest BCUT2D eigenvalue weighted by Crippen LogP contribution is -2.02. The lowest BCUT2D eigenvalue weighted by atomic mass is 9.94. The molecule has 0 radical (unpaired) electrons. The Kier molecular flexibility index (Phi) is 4.35. The van der Waals surface area contributed by atoms with Crippen molar-refractivity contribution in [3.63, 3.8) is 0 Å². The summed E-state index contributed by atoms with van der Waals surface area (Å²) < 4.78 is 0. The molecule has 1 atom stereocenters. The first kappa shape index (κ1) is 18.6. The maximum Gasteiger partial charge on any atom is 0.330 e. The molecule has 1 N–H and O–H groups in total. The lowest BCUT2D eigenvalue weighted by Gasteiger charge is -2.09. The summed E-state index contributed by atoms with van der Waals surface area (Å²) in [6.45, 7) is 1.29. The van der Waals surface area contributed by atoms with Crippen LogP contribution in [0.1, 0.15) is 24.0 Å². The van der Waals surface area contributed by atoms with Crippen LogP contribution in [0.5, 0.6) is 0 Å². The molecule has 0 saturated carbocycles. The van der Waals surface area contributed by atoms with Crippen molar-refractivity contribution in [3.05, 3.63) is 83.5 Å². The average Bonchev–Trinajstić information content (AvgIpc) is 2.93. The number of nitro groups is 3. The molecule has 142 valence electrons. The normalized spacial score (nSPS) is 14.9. The number of hydrogen-bond donors (Lipinski definition) is 1. The second kappa shape index (κ2) is 6.54. The summed E-state index contributed by atoms with van der Waals surface area (Å²) in [5.41, 5.74) is -0.645. The van der Waals surface area contributed by atoms with Crippen LogP contribution in [0.2, 0.25) is 0 Å². The van der Waals surface area contributed by atoms with Gasteiger partial charge in [0, 0.05) is 29.7 Å². The van der Waals surface area contributed by atoms with Crippen LogP contribution in [0.4, 0.5) is 17.1 Å². The van der Waals surface area contributed by atoms with Crippen LogP contribution >= 0.6 is 0 Å². The van der Waals surface area contributed by atoms with Gasteiger partial charge in [0.25, 0.3) is 17.1 Å². The molecule has 0 saturated heterocycles. The Morgan fingerprint density at radius 2 is 1.57 bits per heavy atom. The van der Waals surface area contributed by atoms with Crippen LogP contribution in [-0.4, -0.2) is 25.8 Å². The highest BCUT2D eigenvalue weighted by Gasteiger charge is 2.37. The van der Waals surface area contributed by atoms with E-state index in [1.165, 1.54) is 31.2 Å². The third kappa shape index (κ3) is 2.94. The number of fused-ring (bicyclic) bond motifs is 3. The molecule has 0 heterocycles. The van der Waals surface area contributed by atoms with Crippen LogP contribution in [0, 0.1) is 30.3 Å². The number of hydrogen-bond acceptors (Lipinski definition) is 7. The van der Waals surface area contributed by atoms with Crippen molar-refractivity contribution in [2.24, 2.45) is 0 Å². The first-order valence-electron chi connectivity index (χ1n) is 7.79. The third-order valence-electron chi connectivity index (χ3n) is 4.48. The number of aliphatic carboxylic acids is 1. The van der Waals surface area contributed by atoms with E-state index in [4.69, 9.17) is 0 Å². The Morgan fingerprint density at radius 3 is 2.11 bits per heavy atom. The molecule has 1 aliphatic rings. The van der Waals surface area contributed by atoms with Crippen molar-refractivity contribution in [3.8, 4) is 11.1 Å². The molecule has 1 aliphatic carbocycles. The van der Waals surface area contributed by atoms with Crippen LogP contribution in [0.15, 0.2) is 42.0 Å².